The molecule has 0 radical (unpaired) electrons. The van der Waals surface area contributed by atoms with Gasteiger partial charge in [-0.15, -0.1) is 13.2 Å². The lowest BCUT2D eigenvalue weighted by atomic mass is 11.0. The van der Waals surface area contributed by atoms with E-state index in [1.54, 1.807) is 0 Å². The van der Waals surface area contributed by atoms with Gasteiger partial charge in [0.2, 0.25) is 10.5 Å². The fourth-order valence-electron chi connectivity index (χ4n) is 0.140. The first-order valence-electron chi connectivity index (χ1n) is 1.79. The molecule has 0 amide bonds. The summed E-state index contributed by atoms with van der Waals surface area (Å²) in [6, 6.07) is 0. The molecule has 0 spiro atoms. The Morgan fingerprint density at radius 2 is 1.60 bits per heavy atom. The topological polar surface area (TPSA) is 9.23 Å². The molecule has 0 aromatic heterocycles. The first-order chi connectivity index (χ1) is 4.33. The fraction of sp³-hybridized carbons (Fsp3) is 0.333. The molecule has 0 aromatic rings. The molecule has 0 aliphatic carbocycles. The average Bonchev–Trinajstić information content (AvgIpc) is 1.60. The molecular weight excluding hydrogens is 199 g/mol. The van der Waals surface area contributed by atoms with Crippen molar-refractivity contribution in [1.82, 2.24) is 0 Å². The molecule has 0 fully saturated rings. The van der Waals surface area contributed by atoms with Gasteiger partial charge in [-0.05, 0) is 23.2 Å². The standard InChI is InChI=1S/C3Cl2F4O/c4-1(6)2(5)10-3(7,8)9/b2-1+. The highest BCUT2D eigenvalue weighted by molar-refractivity contribution is 6.37. The van der Waals surface area contributed by atoms with E-state index in [1.165, 1.54) is 0 Å². The SMILES string of the molecule is F/C(Cl)=C(\Cl)OC(F)(F)F. The molecule has 60 valence electrons. The second-order valence-electron chi connectivity index (χ2n) is 1.08. The van der Waals surface area contributed by atoms with Gasteiger partial charge < -0.3 is 4.74 Å². The first-order valence-corrected chi connectivity index (χ1v) is 2.55. The highest BCUT2D eigenvalue weighted by Crippen LogP contribution is 2.26. The summed E-state index contributed by atoms with van der Waals surface area (Å²) in [5.74, 6) is 0. The predicted molar refractivity (Wildman–Crippen MR) is 27.0 cm³/mol. The third kappa shape index (κ3) is 4.69. The zero-order valence-corrected chi connectivity index (χ0v) is 5.69. The first kappa shape index (κ1) is 9.84. The molecule has 0 rings (SSSR count). The number of hydrogen-bond donors (Lipinski definition) is 0. The lowest BCUT2D eigenvalue weighted by Crippen LogP contribution is -2.10. The maximum absolute atomic E-state index is 11.5. The van der Waals surface area contributed by atoms with E-state index < -0.39 is 16.9 Å². The van der Waals surface area contributed by atoms with Crippen LogP contribution >= 0.6 is 23.2 Å². The molecule has 0 aliphatic heterocycles. The molecule has 0 heterocycles. The van der Waals surface area contributed by atoms with Crippen molar-refractivity contribution in [1.29, 1.82) is 0 Å². The number of hydrogen-bond acceptors (Lipinski definition) is 1. The Labute approximate surface area is 63.2 Å². The molecule has 1 nitrogen and oxygen atoms in total. The maximum Gasteiger partial charge on any atom is 0.573 e. The van der Waals surface area contributed by atoms with Crippen molar-refractivity contribution in [3.63, 3.8) is 0 Å². The Morgan fingerprint density at radius 1 is 1.20 bits per heavy atom. The van der Waals surface area contributed by atoms with E-state index in [9.17, 15) is 17.6 Å². The van der Waals surface area contributed by atoms with Gasteiger partial charge in [-0.1, -0.05) is 0 Å². The van der Waals surface area contributed by atoms with Crippen LogP contribution in [0.4, 0.5) is 17.6 Å². The number of halogens is 6. The molecule has 10 heavy (non-hydrogen) atoms. The van der Waals surface area contributed by atoms with Crippen LogP contribution in [0.15, 0.2) is 10.5 Å². The minimum Gasteiger partial charge on any atom is -0.390 e. The molecule has 0 saturated carbocycles. The van der Waals surface area contributed by atoms with Crippen molar-refractivity contribution in [3.8, 4) is 0 Å². The number of ether oxygens (including phenoxy) is 1. The largest absolute Gasteiger partial charge is 0.573 e. The summed E-state index contributed by atoms with van der Waals surface area (Å²) < 4.78 is 47.7. The molecule has 0 unspecified atom stereocenters. The summed E-state index contributed by atoms with van der Waals surface area (Å²) >= 11 is 8.92. The van der Waals surface area contributed by atoms with Crippen LogP contribution in [0.5, 0.6) is 0 Å². The highest BCUT2D eigenvalue weighted by atomic mass is 35.5. The van der Waals surface area contributed by atoms with Crippen LogP contribution in [0.3, 0.4) is 0 Å². The van der Waals surface area contributed by atoms with Gasteiger partial charge >= 0.3 is 6.36 Å². The Bertz CT molecular complexity index is 147. The molecule has 0 aliphatic rings. The van der Waals surface area contributed by atoms with Crippen LogP contribution in [0.1, 0.15) is 0 Å². The summed E-state index contributed by atoms with van der Waals surface area (Å²) in [5, 5.41) is -3.26. The van der Waals surface area contributed by atoms with Crippen molar-refractivity contribution in [2.75, 3.05) is 0 Å². The zero-order valence-electron chi connectivity index (χ0n) is 4.18. The quantitative estimate of drug-likeness (QED) is 0.465. The minimum absolute atomic E-state index is 1.52. The second kappa shape index (κ2) is 3.30. The summed E-state index contributed by atoms with van der Waals surface area (Å²) in [5.41, 5.74) is 0. The van der Waals surface area contributed by atoms with Crippen LogP contribution < -0.4 is 0 Å². The van der Waals surface area contributed by atoms with Gasteiger partial charge in [-0.2, -0.15) is 4.39 Å². The predicted octanol–water partition coefficient (Wildman–Crippen LogP) is 3.10. The van der Waals surface area contributed by atoms with E-state index >= 15 is 0 Å². The van der Waals surface area contributed by atoms with Crippen LogP contribution in [-0.2, 0) is 4.74 Å². The lowest BCUT2D eigenvalue weighted by molar-refractivity contribution is -0.301. The smallest absolute Gasteiger partial charge is 0.390 e. The molecule has 0 bridgehead atoms. The Kier molecular flexibility index (Phi) is 3.24. The van der Waals surface area contributed by atoms with Gasteiger partial charge in [-0.3, -0.25) is 0 Å². The van der Waals surface area contributed by atoms with Crippen molar-refractivity contribution < 1.29 is 22.3 Å². The van der Waals surface area contributed by atoms with E-state index in [1.807, 2.05) is 0 Å². The Morgan fingerprint density at radius 3 is 1.70 bits per heavy atom. The van der Waals surface area contributed by atoms with E-state index in [0.29, 0.717) is 0 Å². The third-order valence-corrected chi connectivity index (χ3v) is 0.865. The van der Waals surface area contributed by atoms with Crippen LogP contribution in [0.25, 0.3) is 0 Å². The third-order valence-electron chi connectivity index (χ3n) is 0.354. The normalized spacial score (nSPS) is 14.6. The Hall–Kier alpha value is -0.160. The van der Waals surface area contributed by atoms with E-state index in [2.05, 4.69) is 27.9 Å². The average molecular weight is 199 g/mol. The molecule has 0 aromatic carbocycles. The summed E-state index contributed by atoms with van der Waals surface area (Å²) in [7, 11) is 0. The van der Waals surface area contributed by atoms with E-state index in [0.717, 1.165) is 0 Å². The van der Waals surface area contributed by atoms with Crippen molar-refractivity contribution in [3.05, 3.63) is 10.5 Å². The van der Waals surface area contributed by atoms with Crippen LogP contribution in [0.2, 0.25) is 0 Å². The van der Waals surface area contributed by atoms with Gasteiger partial charge in [0, 0.05) is 0 Å². The van der Waals surface area contributed by atoms with Crippen molar-refractivity contribution in [2.45, 2.75) is 6.36 Å². The molecule has 0 atom stereocenters. The molecule has 7 heteroatoms. The molecule has 0 N–H and O–H groups in total. The highest BCUT2D eigenvalue weighted by Gasteiger charge is 2.32. The van der Waals surface area contributed by atoms with Crippen LogP contribution in [0, 0.1) is 0 Å². The van der Waals surface area contributed by atoms with E-state index in [4.69, 9.17) is 0 Å². The number of alkyl halides is 3. The summed E-state index contributed by atoms with van der Waals surface area (Å²) in [6.07, 6.45) is -5.01. The molecular formula is C3Cl2F4O. The van der Waals surface area contributed by atoms with Gasteiger partial charge in [0.1, 0.15) is 0 Å². The summed E-state index contributed by atoms with van der Waals surface area (Å²) in [4.78, 5) is 0. The lowest BCUT2D eigenvalue weighted by Gasteiger charge is -2.05. The van der Waals surface area contributed by atoms with Gasteiger partial charge in [0.25, 0.3) is 0 Å². The fourth-order valence-corrected chi connectivity index (χ4v) is 0.266. The Balaban J connectivity index is 4.06. The maximum atomic E-state index is 11.5. The zero-order chi connectivity index (χ0) is 8.36. The van der Waals surface area contributed by atoms with Crippen molar-refractivity contribution in [2.24, 2.45) is 0 Å². The van der Waals surface area contributed by atoms with Gasteiger partial charge in [0.05, 0.1) is 0 Å². The van der Waals surface area contributed by atoms with Gasteiger partial charge in [-0.25, -0.2) is 0 Å². The number of rotatable bonds is 1. The monoisotopic (exact) mass is 198 g/mol. The molecule has 0 saturated heterocycles. The van der Waals surface area contributed by atoms with Crippen molar-refractivity contribution >= 4 is 23.2 Å². The van der Waals surface area contributed by atoms with E-state index in [-0.39, 0.29) is 0 Å². The second-order valence-corrected chi connectivity index (χ2v) is 1.76. The summed E-state index contributed by atoms with van der Waals surface area (Å²) in [6.45, 7) is 0. The minimum atomic E-state index is -5.01. The van der Waals surface area contributed by atoms with Crippen LogP contribution in [-0.4, -0.2) is 6.36 Å². The van der Waals surface area contributed by atoms with Gasteiger partial charge in [0.15, 0.2) is 0 Å².